The van der Waals surface area contributed by atoms with E-state index < -0.39 is 5.60 Å². The van der Waals surface area contributed by atoms with Crippen molar-refractivity contribution in [3.05, 3.63) is 42.3 Å². The summed E-state index contributed by atoms with van der Waals surface area (Å²) in [5.41, 5.74) is 1.06. The molecule has 3 aromatic rings. The van der Waals surface area contributed by atoms with Crippen LogP contribution in [0, 0.1) is 17.2 Å². The molecule has 2 saturated heterocycles. The van der Waals surface area contributed by atoms with Crippen LogP contribution < -0.4 is 10.2 Å². The van der Waals surface area contributed by atoms with Crippen LogP contribution in [0.4, 0.5) is 15.1 Å². The van der Waals surface area contributed by atoms with Crippen molar-refractivity contribution in [2.24, 2.45) is 11.3 Å². The minimum Gasteiger partial charge on any atom is -0.444 e. The minimum atomic E-state index is -0.534. The fourth-order valence-corrected chi connectivity index (χ4v) is 6.05. The Labute approximate surface area is 241 Å². The number of amides is 2. The summed E-state index contributed by atoms with van der Waals surface area (Å²) in [5.74, 6) is 0.508. The SMILES string of the molecule is CNC(=O)C[C@H](CC(C)C)n1ccc2c(-c3ccccc3F)nc(N3CCC4(CN(C(=O)OC(C)(C)C)C4)C3)nc21. The fourth-order valence-electron chi connectivity index (χ4n) is 6.05. The number of fused-ring (bicyclic) bond motifs is 1. The lowest BCUT2D eigenvalue weighted by Gasteiger charge is -2.47. The molecule has 0 radical (unpaired) electrons. The number of rotatable bonds is 7. The molecule has 1 spiro atoms. The van der Waals surface area contributed by atoms with Gasteiger partial charge in [-0.2, -0.15) is 4.98 Å². The van der Waals surface area contributed by atoms with Gasteiger partial charge >= 0.3 is 6.09 Å². The van der Waals surface area contributed by atoms with Gasteiger partial charge in [0.2, 0.25) is 11.9 Å². The maximum absolute atomic E-state index is 15.1. The fraction of sp³-hybridized carbons (Fsp3) is 0.548. The Bertz CT molecular complexity index is 1440. The van der Waals surface area contributed by atoms with Crippen LogP contribution in [0.2, 0.25) is 0 Å². The van der Waals surface area contributed by atoms with Crippen LogP contribution in [-0.4, -0.2) is 70.3 Å². The van der Waals surface area contributed by atoms with Crippen LogP contribution in [0.3, 0.4) is 0 Å². The molecule has 0 bridgehead atoms. The average molecular weight is 565 g/mol. The highest BCUT2D eigenvalue weighted by atomic mass is 19.1. The number of carbonyl (C=O) groups is 2. The Morgan fingerprint density at radius 1 is 1.12 bits per heavy atom. The van der Waals surface area contributed by atoms with Gasteiger partial charge in [-0.1, -0.05) is 26.0 Å². The number of halogens is 1. The highest BCUT2D eigenvalue weighted by Gasteiger charge is 2.51. The number of anilines is 1. The molecular formula is C31H41FN6O3. The van der Waals surface area contributed by atoms with Gasteiger partial charge in [0.05, 0.1) is 5.69 Å². The summed E-state index contributed by atoms with van der Waals surface area (Å²) in [6.07, 6.45) is 3.67. The molecule has 0 saturated carbocycles. The molecule has 2 aromatic heterocycles. The predicted octanol–water partition coefficient (Wildman–Crippen LogP) is 5.41. The summed E-state index contributed by atoms with van der Waals surface area (Å²) < 4.78 is 22.7. The second-order valence-corrected chi connectivity index (χ2v) is 13.0. The number of carbonyl (C=O) groups excluding carboxylic acids is 2. The molecule has 1 N–H and O–H groups in total. The van der Waals surface area contributed by atoms with Crippen molar-refractivity contribution in [1.82, 2.24) is 24.8 Å². The zero-order chi connectivity index (χ0) is 29.5. The van der Waals surface area contributed by atoms with E-state index in [9.17, 15) is 9.59 Å². The van der Waals surface area contributed by atoms with Crippen molar-refractivity contribution >= 4 is 29.0 Å². The van der Waals surface area contributed by atoms with E-state index in [2.05, 4.69) is 28.6 Å². The summed E-state index contributed by atoms with van der Waals surface area (Å²) >= 11 is 0. The highest BCUT2D eigenvalue weighted by molar-refractivity contribution is 5.92. The molecule has 0 unspecified atom stereocenters. The van der Waals surface area contributed by atoms with Crippen LogP contribution in [-0.2, 0) is 9.53 Å². The van der Waals surface area contributed by atoms with Crippen molar-refractivity contribution < 1.29 is 18.7 Å². The lowest BCUT2D eigenvalue weighted by molar-refractivity contribution is -0.121. The van der Waals surface area contributed by atoms with Gasteiger partial charge in [0.15, 0.2) is 0 Å². The highest BCUT2D eigenvalue weighted by Crippen LogP contribution is 2.42. The number of nitrogens with zero attached hydrogens (tertiary/aromatic N) is 5. The maximum Gasteiger partial charge on any atom is 0.410 e. The van der Waals surface area contributed by atoms with Gasteiger partial charge in [-0.05, 0) is 57.7 Å². The molecule has 1 aromatic carbocycles. The number of nitrogens with one attached hydrogen (secondary N) is 1. The topological polar surface area (TPSA) is 92.6 Å². The van der Waals surface area contributed by atoms with E-state index >= 15 is 4.39 Å². The third kappa shape index (κ3) is 6.01. The van der Waals surface area contributed by atoms with Crippen molar-refractivity contribution in [2.45, 2.75) is 65.5 Å². The lowest BCUT2D eigenvalue weighted by atomic mass is 9.79. The Kier molecular flexibility index (Phi) is 7.70. The molecule has 220 valence electrons. The number of hydrogen-bond acceptors (Lipinski definition) is 6. The lowest BCUT2D eigenvalue weighted by Crippen LogP contribution is -2.60. The second kappa shape index (κ2) is 10.9. The molecule has 41 heavy (non-hydrogen) atoms. The molecule has 10 heteroatoms. The van der Waals surface area contributed by atoms with Crippen molar-refractivity contribution in [3.63, 3.8) is 0 Å². The first kappa shape index (κ1) is 28.8. The third-order valence-corrected chi connectivity index (χ3v) is 7.95. The number of aromatic nitrogens is 3. The molecule has 2 fully saturated rings. The van der Waals surface area contributed by atoms with Gasteiger partial charge < -0.3 is 24.4 Å². The van der Waals surface area contributed by atoms with E-state index in [0.29, 0.717) is 54.8 Å². The zero-order valence-electron chi connectivity index (χ0n) is 24.9. The number of hydrogen-bond donors (Lipinski definition) is 1. The van der Waals surface area contributed by atoms with Gasteiger partial charge in [-0.3, -0.25) is 4.79 Å². The molecule has 1 atom stereocenters. The average Bonchev–Trinajstić information content (AvgIpc) is 3.51. The first-order valence-electron chi connectivity index (χ1n) is 14.4. The first-order chi connectivity index (χ1) is 19.4. The van der Waals surface area contributed by atoms with E-state index in [-0.39, 0.29) is 29.3 Å². The maximum atomic E-state index is 15.1. The number of likely N-dealkylation sites (tertiary alicyclic amines) is 1. The van der Waals surface area contributed by atoms with Crippen LogP contribution in [0.5, 0.6) is 0 Å². The van der Waals surface area contributed by atoms with Gasteiger partial charge in [0.1, 0.15) is 17.1 Å². The Morgan fingerprint density at radius 3 is 2.51 bits per heavy atom. The van der Waals surface area contributed by atoms with E-state index in [1.54, 1.807) is 30.1 Å². The summed E-state index contributed by atoms with van der Waals surface area (Å²) in [6, 6.07) is 8.47. The predicted molar refractivity (Wildman–Crippen MR) is 157 cm³/mol. The standard InChI is InChI=1S/C31H41FN6O3/c1-20(2)15-21(16-25(39)33-6)38-13-11-23-26(22-9-7-8-10-24(22)32)34-28(35-27(23)38)36-14-12-31(17-36)18-37(19-31)29(40)41-30(3,4)5/h7-11,13,20-21H,12,14-19H2,1-6H3,(H,33,39)/t21-/m0/s1. The van der Waals surface area contributed by atoms with Crippen LogP contribution in [0.15, 0.2) is 36.5 Å². The third-order valence-electron chi connectivity index (χ3n) is 7.95. The van der Waals surface area contributed by atoms with Crippen LogP contribution >= 0.6 is 0 Å². The number of benzene rings is 1. The second-order valence-electron chi connectivity index (χ2n) is 13.0. The van der Waals surface area contributed by atoms with Crippen molar-refractivity contribution in [2.75, 3.05) is 38.1 Å². The van der Waals surface area contributed by atoms with E-state index in [0.717, 1.165) is 24.8 Å². The van der Waals surface area contributed by atoms with Gasteiger partial charge in [0.25, 0.3) is 0 Å². The Morgan fingerprint density at radius 2 is 1.85 bits per heavy atom. The summed E-state index contributed by atoms with van der Waals surface area (Å²) in [6.45, 7) is 12.6. The van der Waals surface area contributed by atoms with E-state index in [1.165, 1.54) is 6.07 Å². The molecule has 0 aliphatic carbocycles. The smallest absolute Gasteiger partial charge is 0.410 e. The van der Waals surface area contributed by atoms with Crippen LogP contribution in [0.25, 0.3) is 22.3 Å². The number of ether oxygens (including phenoxy) is 1. The molecule has 2 amide bonds. The largest absolute Gasteiger partial charge is 0.444 e. The monoisotopic (exact) mass is 564 g/mol. The Hall–Kier alpha value is -3.69. The van der Waals surface area contributed by atoms with Gasteiger partial charge in [0, 0.05) is 68.3 Å². The summed E-state index contributed by atoms with van der Waals surface area (Å²) in [5, 5.41) is 3.49. The summed E-state index contributed by atoms with van der Waals surface area (Å²) in [7, 11) is 1.65. The molecular weight excluding hydrogens is 523 g/mol. The van der Waals surface area contributed by atoms with Gasteiger partial charge in [-0.15, -0.1) is 0 Å². The molecule has 2 aliphatic rings. The zero-order valence-corrected chi connectivity index (χ0v) is 24.9. The van der Waals surface area contributed by atoms with Crippen molar-refractivity contribution in [3.8, 4) is 11.3 Å². The molecule has 9 nitrogen and oxygen atoms in total. The summed E-state index contributed by atoms with van der Waals surface area (Å²) in [4.78, 5) is 38.9. The van der Waals surface area contributed by atoms with Crippen molar-refractivity contribution in [1.29, 1.82) is 0 Å². The van der Waals surface area contributed by atoms with E-state index in [4.69, 9.17) is 14.7 Å². The quantitative estimate of drug-likeness (QED) is 0.413. The first-order valence-corrected chi connectivity index (χ1v) is 14.4. The molecule has 5 rings (SSSR count). The molecule has 2 aliphatic heterocycles. The minimum absolute atomic E-state index is 0.0397. The van der Waals surface area contributed by atoms with Crippen LogP contribution in [0.1, 0.15) is 59.9 Å². The Balaban J connectivity index is 1.50. The van der Waals surface area contributed by atoms with Gasteiger partial charge in [-0.25, -0.2) is 14.2 Å². The van der Waals surface area contributed by atoms with E-state index in [1.807, 2.05) is 33.0 Å². The molecule has 4 heterocycles. The normalized spacial score (nSPS) is 17.3.